The van der Waals surface area contributed by atoms with Crippen molar-refractivity contribution in [3.05, 3.63) is 48.9 Å². The molecule has 0 bridgehead atoms. The molecule has 0 atom stereocenters. The quantitative estimate of drug-likeness (QED) is 0.575. The molecule has 2 aromatic rings. The SMILES string of the molecule is [CH2]c1cccc(-c2cnc(N3CCC(=NOCCCC#N)CC3)nc2)c1F. The maximum absolute atomic E-state index is 14.2. The first-order valence-corrected chi connectivity index (χ1v) is 8.91. The van der Waals surface area contributed by atoms with Crippen LogP contribution in [0.4, 0.5) is 10.3 Å². The van der Waals surface area contributed by atoms with E-state index in [1.165, 1.54) is 0 Å². The van der Waals surface area contributed by atoms with Crippen molar-refractivity contribution < 1.29 is 9.23 Å². The Morgan fingerprint density at radius 2 is 2.00 bits per heavy atom. The second-order valence-corrected chi connectivity index (χ2v) is 6.29. The van der Waals surface area contributed by atoms with Crippen LogP contribution in [0.2, 0.25) is 0 Å². The van der Waals surface area contributed by atoms with Crippen molar-refractivity contribution in [2.45, 2.75) is 25.7 Å². The Hall–Kier alpha value is -3.01. The Kier molecular flexibility index (Phi) is 6.31. The number of hydrogen-bond donors (Lipinski definition) is 0. The van der Waals surface area contributed by atoms with Gasteiger partial charge in [-0.25, -0.2) is 14.4 Å². The van der Waals surface area contributed by atoms with Gasteiger partial charge in [0.05, 0.1) is 11.8 Å². The molecule has 6 nitrogen and oxygen atoms in total. The number of hydrogen-bond acceptors (Lipinski definition) is 6. The van der Waals surface area contributed by atoms with E-state index in [4.69, 9.17) is 10.1 Å². The van der Waals surface area contributed by atoms with Crippen molar-refractivity contribution >= 4 is 11.7 Å². The Labute approximate surface area is 158 Å². The minimum Gasteiger partial charge on any atom is -0.396 e. The Morgan fingerprint density at radius 3 is 2.70 bits per heavy atom. The van der Waals surface area contributed by atoms with Gasteiger partial charge in [0.1, 0.15) is 12.4 Å². The van der Waals surface area contributed by atoms with Gasteiger partial charge in [0, 0.05) is 55.9 Å². The van der Waals surface area contributed by atoms with E-state index >= 15 is 0 Å². The number of oxime groups is 1. The monoisotopic (exact) mass is 366 g/mol. The van der Waals surface area contributed by atoms with Crippen LogP contribution >= 0.6 is 0 Å². The Morgan fingerprint density at radius 1 is 1.26 bits per heavy atom. The molecule has 1 aromatic carbocycles. The van der Waals surface area contributed by atoms with Crippen molar-refractivity contribution in [1.29, 1.82) is 5.26 Å². The molecule has 0 saturated carbocycles. The molecule has 1 aromatic heterocycles. The Bertz CT molecular complexity index is 834. The van der Waals surface area contributed by atoms with E-state index in [0.717, 1.165) is 31.6 Å². The molecule has 1 aliphatic heterocycles. The van der Waals surface area contributed by atoms with Gasteiger partial charge in [0.2, 0.25) is 5.95 Å². The second-order valence-electron chi connectivity index (χ2n) is 6.29. The molecule has 1 aliphatic rings. The van der Waals surface area contributed by atoms with Crippen LogP contribution in [0.1, 0.15) is 31.2 Å². The van der Waals surface area contributed by atoms with E-state index in [-0.39, 0.29) is 5.82 Å². The molecule has 0 spiro atoms. The summed E-state index contributed by atoms with van der Waals surface area (Å²) in [5.41, 5.74) is 2.45. The van der Waals surface area contributed by atoms with Gasteiger partial charge in [-0.2, -0.15) is 5.26 Å². The summed E-state index contributed by atoms with van der Waals surface area (Å²) in [5, 5.41) is 12.6. The highest BCUT2D eigenvalue weighted by Crippen LogP contribution is 2.24. The van der Waals surface area contributed by atoms with E-state index in [0.29, 0.717) is 42.1 Å². The summed E-state index contributed by atoms with van der Waals surface area (Å²) in [7, 11) is 0. The molecule has 1 saturated heterocycles. The van der Waals surface area contributed by atoms with Crippen LogP contribution in [0.15, 0.2) is 35.7 Å². The van der Waals surface area contributed by atoms with Crippen LogP contribution in [0, 0.1) is 24.1 Å². The van der Waals surface area contributed by atoms with Crippen LogP contribution in [-0.2, 0) is 4.84 Å². The summed E-state index contributed by atoms with van der Waals surface area (Å²) in [5.74, 6) is 0.279. The molecule has 0 amide bonds. The van der Waals surface area contributed by atoms with Crippen LogP contribution in [0.25, 0.3) is 11.1 Å². The molecule has 0 N–H and O–H groups in total. The topological polar surface area (TPSA) is 74.4 Å². The van der Waals surface area contributed by atoms with Crippen LogP contribution in [0.5, 0.6) is 0 Å². The summed E-state index contributed by atoms with van der Waals surface area (Å²) in [6, 6.07) is 7.17. The molecule has 1 radical (unpaired) electrons. The molecule has 7 heteroatoms. The maximum atomic E-state index is 14.2. The zero-order valence-corrected chi connectivity index (χ0v) is 15.1. The van der Waals surface area contributed by atoms with Crippen molar-refractivity contribution in [1.82, 2.24) is 9.97 Å². The van der Waals surface area contributed by atoms with Crippen LogP contribution in [-0.4, -0.2) is 35.4 Å². The maximum Gasteiger partial charge on any atom is 0.225 e. The summed E-state index contributed by atoms with van der Waals surface area (Å²) in [4.78, 5) is 16.1. The lowest BCUT2D eigenvalue weighted by Crippen LogP contribution is -2.35. The highest BCUT2D eigenvalue weighted by molar-refractivity contribution is 5.86. The zero-order valence-electron chi connectivity index (χ0n) is 15.1. The lowest BCUT2D eigenvalue weighted by Gasteiger charge is -2.27. The molecule has 0 unspecified atom stereocenters. The fraction of sp³-hybridized carbons (Fsp3) is 0.350. The summed E-state index contributed by atoms with van der Waals surface area (Å²) < 4.78 is 14.2. The minimum absolute atomic E-state index is 0.345. The van der Waals surface area contributed by atoms with Crippen molar-refractivity contribution in [3.8, 4) is 17.2 Å². The van der Waals surface area contributed by atoms with E-state index in [9.17, 15) is 4.39 Å². The van der Waals surface area contributed by atoms with Crippen LogP contribution in [0.3, 0.4) is 0 Å². The van der Waals surface area contributed by atoms with Crippen molar-refractivity contribution in [2.75, 3.05) is 24.6 Å². The third kappa shape index (κ3) is 4.79. The average molecular weight is 366 g/mol. The number of nitrogens with zero attached hydrogens (tertiary/aromatic N) is 5. The van der Waals surface area contributed by atoms with E-state index in [1.54, 1.807) is 30.6 Å². The second kappa shape index (κ2) is 9.08. The van der Waals surface area contributed by atoms with E-state index < -0.39 is 0 Å². The number of piperidine rings is 1. The van der Waals surface area contributed by atoms with Gasteiger partial charge < -0.3 is 9.74 Å². The first-order chi connectivity index (χ1) is 13.2. The van der Waals surface area contributed by atoms with Gasteiger partial charge in [-0.15, -0.1) is 0 Å². The van der Waals surface area contributed by atoms with Crippen LogP contribution < -0.4 is 4.90 Å². The molecule has 2 heterocycles. The van der Waals surface area contributed by atoms with Gasteiger partial charge in [-0.3, -0.25) is 0 Å². The van der Waals surface area contributed by atoms with Crippen molar-refractivity contribution in [2.24, 2.45) is 5.16 Å². The van der Waals surface area contributed by atoms with E-state index in [2.05, 4.69) is 33.0 Å². The van der Waals surface area contributed by atoms with Gasteiger partial charge in [-0.05, 0) is 18.9 Å². The average Bonchev–Trinajstić information content (AvgIpc) is 2.71. The minimum atomic E-state index is -0.345. The standard InChI is InChI=1S/C20H21FN5O/c1-15-5-4-6-18(19(15)21)16-13-23-20(24-14-16)26-10-7-17(8-11-26)25-27-12-3-2-9-22/h4-6,13-14H,1-3,7-8,10-12H2. The number of nitriles is 1. The third-order valence-electron chi connectivity index (χ3n) is 4.37. The number of unbranched alkanes of at least 4 members (excludes halogenated alkanes) is 1. The smallest absolute Gasteiger partial charge is 0.225 e. The number of rotatable bonds is 6. The first kappa shape index (κ1) is 18.8. The van der Waals surface area contributed by atoms with Gasteiger partial charge in [-0.1, -0.05) is 23.4 Å². The normalized spacial score (nSPS) is 14.0. The molecule has 1 fully saturated rings. The Balaban J connectivity index is 1.57. The van der Waals surface area contributed by atoms with E-state index in [1.807, 2.05) is 0 Å². The highest BCUT2D eigenvalue weighted by atomic mass is 19.1. The first-order valence-electron chi connectivity index (χ1n) is 8.91. The number of anilines is 1. The summed E-state index contributed by atoms with van der Waals surface area (Å²) >= 11 is 0. The summed E-state index contributed by atoms with van der Waals surface area (Å²) in [6.45, 7) is 5.65. The highest BCUT2D eigenvalue weighted by Gasteiger charge is 2.18. The molecule has 139 valence electrons. The fourth-order valence-electron chi connectivity index (χ4n) is 2.84. The number of halogens is 1. The number of benzene rings is 1. The molecule has 27 heavy (non-hydrogen) atoms. The predicted octanol–water partition coefficient (Wildman–Crippen LogP) is 3.74. The lowest BCUT2D eigenvalue weighted by molar-refractivity contribution is 0.141. The molecule has 0 aliphatic carbocycles. The van der Waals surface area contributed by atoms with Crippen molar-refractivity contribution in [3.63, 3.8) is 0 Å². The third-order valence-corrected chi connectivity index (χ3v) is 4.37. The van der Waals surface area contributed by atoms with Gasteiger partial charge in [0.25, 0.3) is 0 Å². The lowest BCUT2D eigenvalue weighted by atomic mass is 10.1. The number of aromatic nitrogens is 2. The summed E-state index contributed by atoms with van der Waals surface area (Å²) in [6.07, 6.45) is 6.01. The predicted molar refractivity (Wildman–Crippen MR) is 102 cm³/mol. The van der Waals surface area contributed by atoms with Gasteiger partial charge in [0.15, 0.2) is 0 Å². The largest absolute Gasteiger partial charge is 0.396 e. The molecular weight excluding hydrogens is 345 g/mol. The zero-order chi connectivity index (χ0) is 19.1. The molecule has 3 rings (SSSR count). The van der Waals surface area contributed by atoms with Gasteiger partial charge >= 0.3 is 0 Å². The molecular formula is C20H21FN5O. The fourth-order valence-corrected chi connectivity index (χ4v) is 2.84.